The average molecular weight is 315 g/mol. The molecule has 6 heteroatoms. The van der Waals surface area contributed by atoms with Crippen molar-refractivity contribution >= 4 is 16.9 Å². The van der Waals surface area contributed by atoms with Crippen LogP contribution >= 0.6 is 0 Å². The number of carboxylic acids is 1. The summed E-state index contributed by atoms with van der Waals surface area (Å²) in [7, 11) is 1.65. The van der Waals surface area contributed by atoms with Crippen LogP contribution in [-0.2, 0) is 11.2 Å². The third-order valence-electron chi connectivity index (χ3n) is 5.05. The standard InChI is InChI=1S/C17H21N3O3/c1-23-9-4-5-12-10(7-9)11-8-14(17(21)22)20-16(15(11)19-12)13-3-2-6-18-13/h4-5,7,13-14,16,18-20H,2-3,6,8H2,1H3,(H,21,22)/t13?,14?,16-/m1/s1. The number of benzene rings is 1. The minimum Gasteiger partial charge on any atom is -0.497 e. The number of carboxylic acid groups (broad SMARTS) is 1. The number of rotatable bonds is 3. The molecule has 1 aromatic carbocycles. The van der Waals surface area contributed by atoms with Gasteiger partial charge in [-0.05, 0) is 43.1 Å². The number of aromatic amines is 1. The van der Waals surface area contributed by atoms with Gasteiger partial charge in [0.2, 0.25) is 0 Å². The van der Waals surface area contributed by atoms with Gasteiger partial charge in [0.25, 0.3) is 0 Å². The highest BCUT2D eigenvalue weighted by Gasteiger charge is 2.37. The number of H-pyrrole nitrogens is 1. The van der Waals surface area contributed by atoms with E-state index in [0.717, 1.165) is 47.3 Å². The van der Waals surface area contributed by atoms with E-state index in [2.05, 4.69) is 15.6 Å². The Balaban J connectivity index is 1.84. The molecule has 1 fully saturated rings. The molecule has 0 amide bonds. The Morgan fingerprint density at radius 2 is 2.26 bits per heavy atom. The largest absolute Gasteiger partial charge is 0.497 e. The highest BCUT2D eigenvalue weighted by atomic mass is 16.5. The molecule has 2 aromatic rings. The van der Waals surface area contributed by atoms with Crippen molar-refractivity contribution in [2.24, 2.45) is 0 Å². The number of methoxy groups -OCH3 is 1. The normalized spacial score (nSPS) is 27.1. The topological polar surface area (TPSA) is 86.4 Å². The van der Waals surface area contributed by atoms with Crippen LogP contribution < -0.4 is 15.4 Å². The minimum atomic E-state index is -0.795. The van der Waals surface area contributed by atoms with Crippen molar-refractivity contribution in [2.75, 3.05) is 13.7 Å². The maximum atomic E-state index is 11.6. The Labute approximate surface area is 134 Å². The van der Waals surface area contributed by atoms with Crippen molar-refractivity contribution in [1.82, 2.24) is 15.6 Å². The van der Waals surface area contributed by atoms with Crippen LogP contribution in [0.5, 0.6) is 5.75 Å². The van der Waals surface area contributed by atoms with Gasteiger partial charge in [0.05, 0.1) is 13.2 Å². The SMILES string of the molecule is COc1ccc2[nH]c3c(c2c1)CC(C(=O)O)N[C@@H]3C1CCCN1. The summed E-state index contributed by atoms with van der Waals surface area (Å²) in [6.07, 6.45) is 2.67. The zero-order chi connectivity index (χ0) is 16.0. The molecule has 0 bridgehead atoms. The van der Waals surface area contributed by atoms with E-state index in [1.807, 2.05) is 18.2 Å². The van der Waals surface area contributed by atoms with Crippen molar-refractivity contribution in [3.8, 4) is 5.75 Å². The fourth-order valence-corrected chi connectivity index (χ4v) is 3.90. The molecule has 0 saturated carbocycles. The van der Waals surface area contributed by atoms with Gasteiger partial charge in [0.15, 0.2) is 0 Å². The molecule has 4 N–H and O–H groups in total. The Kier molecular flexibility index (Phi) is 3.50. The second-order valence-electron chi connectivity index (χ2n) is 6.37. The van der Waals surface area contributed by atoms with Crippen molar-refractivity contribution in [1.29, 1.82) is 0 Å². The van der Waals surface area contributed by atoms with Crippen LogP contribution in [0, 0.1) is 0 Å². The molecule has 1 aromatic heterocycles. The van der Waals surface area contributed by atoms with Gasteiger partial charge < -0.3 is 20.1 Å². The molecule has 6 nitrogen and oxygen atoms in total. The summed E-state index contributed by atoms with van der Waals surface area (Å²) in [6.45, 7) is 0.990. The predicted octanol–water partition coefficient (Wildman–Crippen LogP) is 1.57. The van der Waals surface area contributed by atoms with E-state index in [1.165, 1.54) is 0 Å². The van der Waals surface area contributed by atoms with Gasteiger partial charge in [-0.25, -0.2) is 0 Å². The molecule has 122 valence electrons. The van der Waals surface area contributed by atoms with E-state index >= 15 is 0 Å². The first-order chi connectivity index (χ1) is 11.2. The molecule has 2 aliphatic rings. The smallest absolute Gasteiger partial charge is 0.321 e. The highest BCUT2D eigenvalue weighted by molar-refractivity contribution is 5.88. The van der Waals surface area contributed by atoms with Crippen LogP contribution in [0.15, 0.2) is 18.2 Å². The maximum Gasteiger partial charge on any atom is 0.321 e. The van der Waals surface area contributed by atoms with E-state index in [9.17, 15) is 9.90 Å². The molecule has 0 aliphatic carbocycles. The highest BCUT2D eigenvalue weighted by Crippen LogP contribution is 2.36. The summed E-state index contributed by atoms with van der Waals surface area (Å²) in [6, 6.07) is 5.64. The van der Waals surface area contributed by atoms with Gasteiger partial charge in [-0.2, -0.15) is 0 Å². The lowest BCUT2D eigenvalue weighted by molar-refractivity contribution is -0.139. The monoisotopic (exact) mass is 315 g/mol. The zero-order valence-electron chi connectivity index (χ0n) is 13.1. The number of ether oxygens (including phenoxy) is 1. The average Bonchev–Trinajstić information content (AvgIpc) is 3.20. The van der Waals surface area contributed by atoms with Crippen LogP contribution in [0.4, 0.5) is 0 Å². The quantitative estimate of drug-likeness (QED) is 0.691. The number of hydrogen-bond acceptors (Lipinski definition) is 4. The van der Waals surface area contributed by atoms with Crippen molar-refractivity contribution < 1.29 is 14.6 Å². The van der Waals surface area contributed by atoms with Gasteiger partial charge in [-0.1, -0.05) is 0 Å². The molecule has 0 spiro atoms. The first-order valence-electron chi connectivity index (χ1n) is 8.08. The number of hydrogen-bond donors (Lipinski definition) is 4. The Bertz CT molecular complexity index is 749. The van der Waals surface area contributed by atoms with Gasteiger partial charge in [-0.3, -0.25) is 10.1 Å². The van der Waals surface area contributed by atoms with Gasteiger partial charge in [-0.15, -0.1) is 0 Å². The first-order valence-corrected chi connectivity index (χ1v) is 8.08. The maximum absolute atomic E-state index is 11.6. The minimum absolute atomic E-state index is 0.000690. The van der Waals surface area contributed by atoms with Gasteiger partial charge in [0, 0.05) is 29.1 Å². The molecule has 0 radical (unpaired) electrons. The van der Waals surface area contributed by atoms with Crippen LogP contribution in [0.3, 0.4) is 0 Å². The van der Waals surface area contributed by atoms with E-state index in [1.54, 1.807) is 7.11 Å². The summed E-state index contributed by atoms with van der Waals surface area (Å²) < 4.78 is 5.33. The summed E-state index contributed by atoms with van der Waals surface area (Å²) >= 11 is 0. The third kappa shape index (κ3) is 2.38. The van der Waals surface area contributed by atoms with Crippen LogP contribution in [0.2, 0.25) is 0 Å². The molecule has 1 saturated heterocycles. The number of aliphatic carboxylic acids is 1. The second kappa shape index (κ2) is 5.54. The lowest BCUT2D eigenvalue weighted by atomic mass is 9.90. The van der Waals surface area contributed by atoms with Gasteiger partial charge >= 0.3 is 5.97 Å². The van der Waals surface area contributed by atoms with Gasteiger partial charge in [0.1, 0.15) is 11.8 Å². The van der Waals surface area contributed by atoms with E-state index in [0.29, 0.717) is 6.42 Å². The molecule has 2 unspecified atom stereocenters. The predicted molar refractivity (Wildman–Crippen MR) is 86.9 cm³/mol. The van der Waals surface area contributed by atoms with Crippen LogP contribution in [-0.4, -0.2) is 41.8 Å². The molecule has 3 heterocycles. The first kappa shape index (κ1) is 14.5. The van der Waals surface area contributed by atoms with E-state index in [4.69, 9.17) is 4.74 Å². The van der Waals surface area contributed by atoms with E-state index < -0.39 is 12.0 Å². The number of carbonyl (C=O) groups is 1. The number of fused-ring (bicyclic) bond motifs is 3. The molecule has 4 rings (SSSR count). The Morgan fingerprint density at radius 3 is 2.96 bits per heavy atom. The lowest BCUT2D eigenvalue weighted by Crippen LogP contribution is -2.50. The summed E-state index contributed by atoms with van der Waals surface area (Å²) in [5, 5.41) is 17.4. The third-order valence-corrected chi connectivity index (χ3v) is 5.05. The molecule has 3 atom stereocenters. The van der Waals surface area contributed by atoms with Crippen molar-refractivity contribution in [2.45, 2.75) is 37.4 Å². The second-order valence-corrected chi connectivity index (χ2v) is 6.37. The van der Waals surface area contributed by atoms with Crippen LogP contribution in [0.1, 0.15) is 30.1 Å². The van der Waals surface area contributed by atoms with E-state index in [-0.39, 0.29) is 12.1 Å². The number of nitrogens with one attached hydrogen (secondary N) is 3. The summed E-state index contributed by atoms with van der Waals surface area (Å²) in [4.78, 5) is 15.1. The summed E-state index contributed by atoms with van der Waals surface area (Å²) in [5.41, 5.74) is 3.25. The number of aromatic nitrogens is 1. The van der Waals surface area contributed by atoms with Crippen molar-refractivity contribution in [3.05, 3.63) is 29.5 Å². The molecule has 2 aliphatic heterocycles. The molecular formula is C17H21N3O3. The molecule has 23 heavy (non-hydrogen) atoms. The Hall–Kier alpha value is -2.05. The fourth-order valence-electron chi connectivity index (χ4n) is 3.90. The zero-order valence-corrected chi connectivity index (χ0v) is 13.1. The fraction of sp³-hybridized carbons (Fsp3) is 0.471. The van der Waals surface area contributed by atoms with Crippen molar-refractivity contribution in [3.63, 3.8) is 0 Å². The summed E-state index contributed by atoms with van der Waals surface area (Å²) in [5.74, 6) is -0.00357. The van der Waals surface area contributed by atoms with Crippen LogP contribution in [0.25, 0.3) is 10.9 Å². The Morgan fingerprint density at radius 1 is 1.39 bits per heavy atom. The molecular weight excluding hydrogens is 294 g/mol. The lowest BCUT2D eigenvalue weighted by Gasteiger charge is -2.33.